The van der Waals surface area contributed by atoms with Crippen LogP contribution in [0.15, 0.2) is 11.6 Å². The standard InChI is InChI=1S/C13H24N2O/c1-4-5-10(2)13(16)15-8-6-12(7-9-15)11(3)14/h5,11-12H,4,6-9,14H2,1-3H3. The number of amides is 1. The molecule has 1 rings (SSSR count). The molecule has 0 aliphatic carbocycles. The van der Waals surface area contributed by atoms with Crippen LogP contribution in [0.1, 0.15) is 40.0 Å². The molecule has 1 aliphatic rings. The van der Waals surface area contributed by atoms with Gasteiger partial charge in [-0.1, -0.05) is 13.0 Å². The molecule has 1 heterocycles. The van der Waals surface area contributed by atoms with E-state index in [0.717, 1.165) is 37.9 Å². The van der Waals surface area contributed by atoms with Crippen molar-refractivity contribution < 1.29 is 4.79 Å². The number of likely N-dealkylation sites (tertiary alicyclic amines) is 1. The summed E-state index contributed by atoms with van der Waals surface area (Å²) in [7, 11) is 0. The molecule has 0 bridgehead atoms. The Kier molecular flexibility index (Phi) is 5.00. The number of rotatable bonds is 3. The number of piperidine rings is 1. The molecule has 1 amide bonds. The van der Waals surface area contributed by atoms with Crippen molar-refractivity contribution in [2.75, 3.05) is 13.1 Å². The molecule has 3 heteroatoms. The van der Waals surface area contributed by atoms with Crippen molar-refractivity contribution in [3.63, 3.8) is 0 Å². The van der Waals surface area contributed by atoms with Crippen molar-refractivity contribution in [1.82, 2.24) is 4.90 Å². The van der Waals surface area contributed by atoms with Crippen molar-refractivity contribution in [1.29, 1.82) is 0 Å². The van der Waals surface area contributed by atoms with Crippen LogP contribution in [0.25, 0.3) is 0 Å². The van der Waals surface area contributed by atoms with E-state index < -0.39 is 0 Å². The Hall–Kier alpha value is -0.830. The first-order chi connectivity index (χ1) is 7.56. The summed E-state index contributed by atoms with van der Waals surface area (Å²) in [6, 6.07) is 0.254. The minimum atomic E-state index is 0.199. The van der Waals surface area contributed by atoms with Crippen LogP contribution in [0.2, 0.25) is 0 Å². The summed E-state index contributed by atoms with van der Waals surface area (Å²) < 4.78 is 0. The van der Waals surface area contributed by atoms with E-state index in [-0.39, 0.29) is 11.9 Å². The largest absolute Gasteiger partial charge is 0.339 e. The highest BCUT2D eigenvalue weighted by Crippen LogP contribution is 2.20. The maximum Gasteiger partial charge on any atom is 0.249 e. The van der Waals surface area contributed by atoms with Gasteiger partial charge in [-0.05, 0) is 39.0 Å². The van der Waals surface area contributed by atoms with Crippen LogP contribution in [0.5, 0.6) is 0 Å². The highest BCUT2D eigenvalue weighted by atomic mass is 16.2. The van der Waals surface area contributed by atoms with Crippen molar-refractivity contribution in [2.45, 2.75) is 46.1 Å². The SMILES string of the molecule is CCC=C(C)C(=O)N1CCC(C(C)N)CC1. The highest BCUT2D eigenvalue weighted by Gasteiger charge is 2.24. The van der Waals surface area contributed by atoms with E-state index in [2.05, 4.69) is 13.8 Å². The zero-order valence-corrected chi connectivity index (χ0v) is 10.7. The summed E-state index contributed by atoms with van der Waals surface area (Å²) in [6.07, 6.45) is 5.01. The van der Waals surface area contributed by atoms with Gasteiger partial charge in [0.2, 0.25) is 5.91 Å². The molecule has 0 aromatic carbocycles. The number of hydrogen-bond acceptors (Lipinski definition) is 2. The molecule has 2 N–H and O–H groups in total. The smallest absolute Gasteiger partial charge is 0.249 e. The predicted octanol–water partition coefficient (Wildman–Crippen LogP) is 1.93. The molecule has 3 nitrogen and oxygen atoms in total. The van der Waals surface area contributed by atoms with E-state index in [1.807, 2.05) is 17.9 Å². The summed E-state index contributed by atoms with van der Waals surface area (Å²) >= 11 is 0. The molecule has 0 spiro atoms. The number of carbonyl (C=O) groups is 1. The summed E-state index contributed by atoms with van der Waals surface area (Å²) in [4.78, 5) is 13.9. The minimum Gasteiger partial charge on any atom is -0.339 e. The fourth-order valence-corrected chi connectivity index (χ4v) is 2.27. The third-order valence-corrected chi connectivity index (χ3v) is 3.42. The van der Waals surface area contributed by atoms with Crippen LogP contribution < -0.4 is 5.73 Å². The maximum atomic E-state index is 12.0. The minimum absolute atomic E-state index is 0.199. The van der Waals surface area contributed by atoms with E-state index in [9.17, 15) is 4.79 Å². The van der Waals surface area contributed by atoms with Crippen molar-refractivity contribution in [3.05, 3.63) is 11.6 Å². The molecule has 1 saturated heterocycles. The van der Waals surface area contributed by atoms with E-state index in [0.29, 0.717) is 5.92 Å². The summed E-state index contributed by atoms with van der Waals surface area (Å²) in [6.45, 7) is 7.74. The Morgan fingerprint density at radius 2 is 2.06 bits per heavy atom. The van der Waals surface area contributed by atoms with E-state index in [1.54, 1.807) is 0 Å². The molecular formula is C13H24N2O. The molecule has 0 saturated carbocycles. The van der Waals surface area contributed by atoms with Crippen molar-refractivity contribution >= 4 is 5.91 Å². The van der Waals surface area contributed by atoms with Gasteiger partial charge in [0.15, 0.2) is 0 Å². The van der Waals surface area contributed by atoms with Gasteiger partial charge in [0, 0.05) is 24.7 Å². The number of nitrogens with zero attached hydrogens (tertiary/aromatic N) is 1. The first-order valence-corrected chi connectivity index (χ1v) is 6.27. The second kappa shape index (κ2) is 6.04. The van der Waals surface area contributed by atoms with Crippen LogP contribution in [-0.2, 0) is 4.79 Å². The normalized spacial score (nSPS) is 21.0. The van der Waals surface area contributed by atoms with Gasteiger partial charge in [-0.25, -0.2) is 0 Å². The van der Waals surface area contributed by atoms with Crippen LogP contribution in [-0.4, -0.2) is 29.9 Å². The highest BCUT2D eigenvalue weighted by molar-refractivity contribution is 5.92. The molecule has 0 radical (unpaired) electrons. The van der Waals surface area contributed by atoms with Gasteiger partial charge in [0.05, 0.1) is 0 Å². The van der Waals surface area contributed by atoms with E-state index in [1.165, 1.54) is 0 Å². The zero-order valence-electron chi connectivity index (χ0n) is 10.7. The molecule has 0 aromatic rings. The lowest BCUT2D eigenvalue weighted by Crippen LogP contribution is -2.42. The Bertz CT molecular complexity index is 263. The average Bonchev–Trinajstić information content (AvgIpc) is 2.28. The Morgan fingerprint density at radius 3 is 2.50 bits per heavy atom. The Morgan fingerprint density at radius 1 is 1.50 bits per heavy atom. The van der Waals surface area contributed by atoms with Gasteiger partial charge in [0.1, 0.15) is 0 Å². The maximum absolute atomic E-state index is 12.0. The molecule has 1 aliphatic heterocycles. The van der Waals surface area contributed by atoms with Gasteiger partial charge in [0.25, 0.3) is 0 Å². The van der Waals surface area contributed by atoms with Gasteiger partial charge in [-0.2, -0.15) is 0 Å². The summed E-state index contributed by atoms with van der Waals surface area (Å²) in [5, 5.41) is 0. The van der Waals surface area contributed by atoms with E-state index in [4.69, 9.17) is 5.73 Å². The van der Waals surface area contributed by atoms with Gasteiger partial charge in [-0.15, -0.1) is 0 Å². The molecule has 16 heavy (non-hydrogen) atoms. The number of allylic oxidation sites excluding steroid dienone is 1. The second-order valence-corrected chi connectivity index (χ2v) is 4.78. The molecule has 1 atom stereocenters. The fourth-order valence-electron chi connectivity index (χ4n) is 2.27. The second-order valence-electron chi connectivity index (χ2n) is 4.78. The van der Waals surface area contributed by atoms with Gasteiger partial charge >= 0.3 is 0 Å². The Balaban J connectivity index is 2.48. The quantitative estimate of drug-likeness (QED) is 0.745. The molecule has 1 unspecified atom stereocenters. The number of hydrogen-bond donors (Lipinski definition) is 1. The summed E-state index contributed by atoms with van der Waals surface area (Å²) in [5.41, 5.74) is 6.76. The first-order valence-electron chi connectivity index (χ1n) is 6.27. The molecular weight excluding hydrogens is 200 g/mol. The van der Waals surface area contributed by atoms with Crippen molar-refractivity contribution in [2.24, 2.45) is 11.7 Å². The van der Waals surface area contributed by atoms with Crippen LogP contribution in [0.3, 0.4) is 0 Å². The zero-order chi connectivity index (χ0) is 12.1. The Labute approximate surface area is 98.7 Å². The number of nitrogens with two attached hydrogens (primary N) is 1. The van der Waals surface area contributed by atoms with E-state index >= 15 is 0 Å². The predicted molar refractivity (Wildman–Crippen MR) is 67.0 cm³/mol. The molecule has 1 fully saturated rings. The fraction of sp³-hybridized carbons (Fsp3) is 0.769. The van der Waals surface area contributed by atoms with Crippen LogP contribution in [0, 0.1) is 5.92 Å². The first kappa shape index (κ1) is 13.2. The lowest BCUT2D eigenvalue weighted by atomic mass is 9.90. The topological polar surface area (TPSA) is 46.3 Å². The van der Waals surface area contributed by atoms with Crippen molar-refractivity contribution in [3.8, 4) is 0 Å². The molecule has 0 aromatic heterocycles. The average molecular weight is 224 g/mol. The lowest BCUT2D eigenvalue weighted by Gasteiger charge is -2.33. The summed E-state index contributed by atoms with van der Waals surface area (Å²) in [5.74, 6) is 0.782. The third-order valence-electron chi connectivity index (χ3n) is 3.42. The van der Waals surface area contributed by atoms with Crippen LogP contribution >= 0.6 is 0 Å². The monoisotopic (exact) mass is 224 g/mol. The van der Waals surface area contributed by atoms with Gasteiger partial charge < -0.3 is 10.6 Å². The lowest BCUT2D eigenvalue weighted by molar-refractivity contribution is -0.128. The molecule has 92 valence electrons. The van der Waals surface area contributed by atoms with Gasteiger partial charge in [-0.3, -0.25) is 4.79 Å². The third kappa shape index (κ3) is 3.34. The number of carbonyl (C=O) groups excluding carboxylic acids is 1. The van der Waals surface area contributed by atoms with Crippen LogP contribution in [0.4, 0.5) is 0 Å².